The van der Waals surface area contributed by atoms with Gasteiger partial charge in [0.2, 0.25) is 0 Å². The van der Waals surface area contributed by atoms with E-state index in [0.717, 1.165) is 10.3 Å². The zero-order valence-electron chi connectivity index (χ0n) is 13.6. The summed E-state index contributed by atoms with van der Waals surface area (Å²) >= 11 is 0. The summed E-state index contributed by atoms with van der Waals surface area (Å²) in [5.74, 6) is 0.812. The van der Waals surface area contributed by atoms with Crippen molar-refractivity contribution >= 4 is 16.7 Å². The van der Waals surface area contributed by atoms with Crippen LogP contribution in [-0.2, 0) is 4.84 Å². The maximum atomic E-state index is 13.4. The van der Waals surface area contributed by atoms with Crippen LogP contribution in [0.3, 0.4) is 0 Å². The molecule has 0 aliphatic carbocycles. The third-order valence-electron chi connectivity index (χ3n) is 3.50. The number of nitrogens with zero attached hydrogens (tertiary/aromatic N) is 3. The Morgan fingerprint density at radius 1 is 1.08 bits per heavy atom. The van der Waals surface area contributed by atoms with Crippen molar-refractivity contribution in [3.63, 3.8) is 0 Å². The minimum absolute atomic E-state index is 0.0835. The number of alkyl halides is 2. The molecule has 0 aliphatic rings. The van der Waals surface area contributed by atoms with Crippen LogP contribution in [0.1, 0.15) is 19.3 Å². The van der Waals surface area contributed by atoms with Gasteiger partial charge in [-0.3, -0.25) is 4.57 Å². The molecule has 0 N–H and O–H groups in total. The van der Waals surface area contributed by atoms with Crippen molar-refractivity contribution in [2.75, 3.05) is 13.2 Å². The van der Waals surface area contributed by atoms with Gasteiger partial charge in [0.25, 0.3) is 0 Å². The summed E-state index contributed by atoms with van der Waals surface area (Å²) in [5, 5.41) is 3.88. The Labute approximate surface area is 143 Å². The molecule has 0 fully saturated rings. The number of benzene rings is 2. The molecule has 0 unspecified atom stereocenters. The fourth-order valence-electron chi connectivity index (χ4n) is 2.39. The van der Waals surface area contributed by atoms with Crippen LogP contribution in [0.15, 0.2) is 59.8 Å². The van der Waals surface area contributed by atoms with Crippen LogP contribution in [0.25, 0.3) is 11.0 Å². The molecule has 0 bridgehead atoms. The number of fused-ring (bicyclic) bond motifs is 1. The van der Waals surface area contributed by atoms with Crippen molar-refractivity contribution in [3.05, 3.63) is 60.4 Å². The summed E-state index contributed by atoms with van der Waals surface area (Å²) in [5.41, 5.74) is 1.12. The lowest BCUT2D eigenvalue weighted by Crippen LogP contribution is -2.11. The first-order valence-corrected chi connectivity index (χ1v) is 7.76. The minimum atomic E-state index is -2.71. The maximum Gasteiger partial charge on any atom is 0.320 e. The first kappa shape index (κ1) is 16.9. The molecule has 1 heterocycles. The highest BCUT2D eigenvalue weighted by Crippen LogP contribution is 2.23. The van der Waals surface area contributed by atoms with Gasteiger partial charge in [0.05, 0.1) is 11.0 Å². The highest BCUT2D eigenvalue weighted by Gasteiger charge is 2.19. The van der Waals surface area contributed by atoms with Crippen molar-refractivity contribution in [1.29, 1.82) is 0 Å². The quantitative estimate of drug-likeness (QED) is 0.365. The van der Waals surface area contributed by atoms with Gasteiger partial charge in [-0.15, -0.1) is 0 Å². The van der Waals surface area contributed by atoms with Crippen molar-refractivity contribution in [2.45, 2.75) is 13.5 Å². The topological polar surface area (TPSA) is 48.6 Å². The molecule has 130 valence electrons. The third kappa shape index (κ3) is 3.93. The Kier molecular flexibility index (Phi) is 5.23. The van der Waals surface area contributed by atoms with Gasteiger partial charge in [0.15, 0.2) is 12.4 Å². The Balaban J connectivity index is 1.66. The largest absolute Gasteiger partial charge is 0.490 e. The van der Waals surface area contributed by atoms with E-state index in [0.29, 0.717) is 17.6 Å². The van der Waals surface area contributed by atoms with Crippen molar-refractivity contribution in [3.8, 4) is 5.75 Å². The predicted molar refractivity (Wildman–Crippen MR) is 91.1 cm³/mol. The van der Waals surface area contributed by atoms with Crippen LogP contribution >= 0.6 is 0 Å². The molecule has 5 nitrogen and oxygen atoms in total. The van der Waals surface area contributed by atoms with E-state index in [1.165, 1.54) is 0 Å². The molecule has 0 saturated carbocycles. The molecule has 0 amide bonds. The predicted octanol–water partition coefficient (Wildman–Crippen LogP) is 4.25. The van der Waals surface area contributed by atoms with E-state index < -0.39 is 6.55 Å². The lowest BCUT2D eigenvalue weighted by atomic mass is 10.3. The van der Waals surface area contributed by atoms with Crippen molar-refractivity contribution in [1.82, 2.24) is 9.55 Å². The Bertz CT molecular complexity index is 863. The number of para-hydroxylation sites is 3. The molecule has 25 heavy (non-hydrogen) atoms. The summed E-state index contributed by atoms with van der Waals surface area (Å²) in [4.78, 5) is 9.39. The monoisotopic (exact) mass is 345 g/mol. The van der Waals surface area contributed by atoms with E-state index >= 15 is 0 Å². The van der Waals surface area contributed by atoms with E-state index in [2.05, 4.69) is 10.1 Å². The summed E-state index contributed by atoms with van der Waals surface area (Å²) < 4.78 is 33.1. The van der Waals surface area contributed by atoms with Crippen LogP contribution in [0.5, 0.6) is 5.75 Å². The Hall–Kier alpha value is -2.96. The van der Waals surface area contributed by atoms with E-state index in [1.807, 2.05) is 30.3 Å². The minimum Gasteiger partial charge on any atom is -0.490 e. The number of hydrogen-bond acceptors (Lipinski definition) is 4. The highest BCUT2D eigenvalue weighted by molar-refractivity contribution is 5.98. The lowest BCUT2D eigenvalue weighted by Gasteiger charge is -2.08. The normalized spacial score (nSPS) is 11.9. The maximum absolute atomic E-state index is 13.4. The van der Waals surface area contributed by atoms with Crippen LogP contribution in [-0.4, -0.2) is 28.5 Å². The average molecular weight is 345 g/mol. The molecule has 0 radical (unpaired) electrons. The molecule has 0 spiro atoms. The molecule has 1 aromatic heterocycles. The molecule has 7 heteroatoms. The number of oxime groups is 1. The summed E-state index contributed by atoms with van der Waals surface area (Å²) in [6, 6.07) is 16.0. The standard InChI is InChI=1S/C18H17F2N3O2/c1-13(22-25-12-11-24-14-7-3-2-4-8-14)17-21-15-9-5-6-10-16(15)23(17)18(19)20/h2-10,18H,11-12H2,1H3/b22-13-. The summed E-state index contributed by atoms with van der Waals surface area (Å²) in [6.07, 6.45) is 0. The van der Waals surface area contributed by atoms with Crippen molar-refractivity contribution < 1.29 is 18.4 Å². The first-order valence-electron chi connectivity index (χ1n) is 7.76. The second kappa shape index (κ2) is 7.74. The highest BCUT2D eigenvalue weighted by atomic mass is 19.3. The second-order valence-corrected chi connectivity index (χ2v) is 5.24. The SMILES string of the molecule is C/C(=N/OCCOc1ccccc1)c1nc2ccccc2n1C(F)F. The Morgan fingerprint density at radius 3 is 2.56 bits per heavy atom. The number of hydrogen-bond donors (Lipinski definition) is 0. The second-order valence-electron chi connectivity index (χ2n) is 5.24. The van der Waals surface area contributed by atoms with Gasteiger partial charge in [-0.2, -0.15) is 8.78 Å². The van der Waals surface area contributed by atoms with Gasteiger partial charge in [-0.25, -0.2) is 4.98 Å². The number of ether oxygens (including phenoxy) is 1. The fraction of sp³-hybridized carbons (Fsp3) is 0.222. The molecular formula is C18H17F2N3O2. The molecule has 0 aliphatic heterocycles. The molecule has 3 rings (SSSR count). The summed E-state index contributed by atoms with van der Waals surface area (Å²) in [7, 11) is 0. The lowest BCUT2D eigenvalue weighted by molar-refractivity contribution is 0.0734. The van der Waals surface area contributed by atoms with Gasteiger partial charge >= 0.3 is 6.55 Å². The first-order chi connectivity index (χ1) is 12.2. The average Bonchev–Trinajstić information content (AvgIpc) is 3.02. The van der Waals surface area contributed by atoms with E-state index in [-0.39, 0.29) is 18.1 Å². The zero-order valence-corrected chi connectivity index (χ0v) is 13.6. The third-order valence-corrected chi connectivity index (χ3v) is 3.50. The molecule has 0 saturated heterocycles. The molecule has 0 atom stereocenters. The van der Waals surface area contributed by atoms with Crippen LogP contribution < -0.4 is 4.74 Å². The van der Waals surface area contributed by atoms with E-state index in [4.69, 9.17) is 9.57 Å². The fourth-order valence-corrected chi connectivity index (χ4v) is 2.39. The van der Waals surface area contributed by atoms with E-state index in [1.54, 1.807) is 31.2 Å². The Morgan fingerprint density at radius 2 is 1.80 bits per heavy atom. The zero-order chi connectivity index (χ0) is 17.6. The molecular weight excluding hydrogens is 328 g/mol. The van der Waals surface area contributed by atoms with Crippen LogP contribution in [0.4, 0.5) is 8.78 Å². The van der Waals surface area contributed by atoms with Gasteiger partial charge in [-0.1, -0.05) is 35.5 Å². The number of imidazole rings is 1. The molecule has 2 aromatic carbocycles. The van der Waals surface area contributed by atoms with Gasteiger partial charge in [0, 0.05) is 0 Å². The number of aromatic nitrogens is 2. The van der Waals surface area contributed by atoms with E-state index in [9.17, 15) is 8.78 Å². The molecule has 3 aromatic rings. The van der Waals surface area contributed by atoms with Crippen molar-refractivity contribution in [2.24, 2.45) is 5.16 Å². The smallest absolute Gasteiger partial charge is 0.320 e. The van der Waals surface area contributed by atoms with Crippen LogP contribution in [0, 0.1) is 0 Å². The van der Waals surface area contributed by atoms with Gasteiger partial charge in [0.1, 0.15) is 18.1 Å². The number of rotatable bonds is 7. The summed E-state index contributed by atoms with van der Waals surface area (Å²) in [6.45, 7) is -0.639. The van der Waals surface area contributed by atoms with Gasteiger partial charge < -0.3 is 9.57 Å². The van der Waals surface area contributed by atoms with Gasteiger partial charge in [-0.05, 0) is 31.2 Å². The van der Waals surface area contributed by atoms with Crippen LogP contribution in [0.2, 0.25) is 0 Å². The number of halogens is 2.